The molecule has 0 amide bonds. The second-order valence-corrected chi connectivity index (χ2v) is 11.2. The highest BCUT2D eigenvalue weighted by Gasteiger charge is 2.60. The Morgan fingerprint density at radius 3 is 2.57 bits per heavy atom. The van der Waals surface area contributed by atoms with Gasteiger partial charge in [0.25, 0.3) is 0 Å². The van der Waals surface area contributed by atoms with Crippen molar-refractivity contribution in [2.45, 2.75) is 91.4 Å². The fraction of sp³-hybridized carbons (Fsp3) is 0.920. The number of carbonyl (C=O) groups is 2. The van der Waals surface area contributed by atoms with Crippen molar-refractivity contribution in [1.82, 2.24) is 0 Å². The van der Waals surface area contributed by atoms with E-state index in [1.54, 1.807) is 0 Å². The Balaban J connectivity index is 1.49. The van der Waals surface area contributed by atoms with Crippen LogP contribution in [0.2, 0.25) is 0 Å². The molecule has 0 spiro atoms. The Labute approximate surface area is 171 Å². The number of esters is 1. The third-order valence-corrected chi connectivity index (χ3v) is 10.3. The van der Waals surface area contributed by atoms with Gasteiger partial charge < -0.3 is 4.74 Å². The number of methoxy groups -OCH3 is 1. The van der Waals surface area contributed by atoms with Gasteiger partial charge in [0.1, 0.15) is 5.78 Å². The molecule has 0 aromatic rings. The van der Waals surface area contributed by atoms with Crippen LogP contribution in [0.15, 0.2) is 0 Å². The van der Waals surface area contributed by atoms with Crippen molar-refractivity contribution in [3.63, 3.8) is 0 Å². The van der Waals surface area contributed by atoms with Crippen molar-refractivity contribution >= 4 is 11.8 Å². The molecule has 0 saturated heterocycles. The maximum absolute atomic E-state index is 12.1. The van der Waals surface area contributed by atoms with Gasteiger partial charge in [-0.1, -0.05) is 20.8 Å². The van der Waals surface area contributed by atoms with Crippen molar-refractivity contribution in [3.8, 4) is 0 Å². The molecule has 3 nitrogen and oxygen atoms in total. The number of carbonyl (C=O) groups excluding carboxylic acids is 2. The highest BCUT2D eigenvalue weighted by atomic mass is 16.5. The summed E-state index contributed by atoms with van der Waals surface area (Å²) in [7, 11) is 1.50. The minimum absolute atomic E-state index is 0.0617. The molecule has 0 aromatic carbocycles. The van der Waals surface area contributed by atoms with Crippen molar-refractivity contribution in [2.24, 2.45) is 46.3 Å². The Bertz CT molecular complexity index is 627. The van der Waals surface area contributed by atoms with Gasteiger partial charge in [-0.15, -0.1) is 0 Å². The van der Waals surface area contributed by atoms with Gasteiger partial charge in [0.15, 0.2) is 0 Å². The van der Waals surface area contributed by atoms with E-state index in [0.717, 1.165) is 49.4 Å². The summed E-state index contributed by atoms with van der Waals surface area (Å²) in [4.78, 5) is 23.7. The summed E-state index contributed by atoms with van der Waals surface area (Å²) < 4.78 is 4.87. The van der Waals surface area contributed by atoms with Gasteiger partial charge in [-0.05, 0) is 97.7 Å². The fourth-order valence-corrected chi connectivity index (χ4v) is 8.67. The van der Waals surface area contributed by atoms with E-state index < -0.39 is 0 Å². The van der Waals surface area contributed by atoms with Crippen LogP contribution in [0.25, 0.3) is 0 Å². The lowest BCUT2D eigenvalue weighted by molar-refractivity contribution is -0.141. The van der Waals surface area contributed by atoms with Gasteiger partial charge in [0.2, 0.25) is 0 Å². The molecule has 0 radical (unpaired) electrons. The average molecular weight is 389 g/mol. The molecule has 4 fully saturated rings. The summed E-state index contributed by atoms with van der Waals surface area (Å²) in [5.41, 5.74) is 0.858. The first-order chi connectivity index (χ1) is 13.3. The maximum Gasteiger partial charge on any atom is 0.305 e. The lowest BCUT2D eigenvalue weighted by Gasteiger charge is -2.60. The quantitative estimate of drug-likeness (QED) is 0.571. The van der Waals surface area contributed by atoms with Gasteiger partial charge in [0.05, 0.1) is 7.11 Å². The first-order valence-corrected chi connectivity index (χ1v) is 11.9. The highest BCUT2D eigenvalue weighted by Crippen LogP contribution is 2.68. The number of Topliss-reactive ketones (excluding diaryl/α,β-unsaturated/α-hetero) is 1. The van der Waals surface area contributed by atoms with Crippen molar-refractivity contribution in [3.05, 3.63) is 0 Å². The third-order valence-electron chi connectivity index (χ3n) is 10.3. The smallest absolute Gasteiger partial charge is 0.305 e. The monoisotopic (exact) mass is 388 g/mol. The lowest BCUT2D eigenvalue weighted by atomic mass is 9.44. The number of ether oxygens (including phenoxy) is 1. The molecule has 4 rings (SSSR count). The number of hydrogen-bond acceptors (Lipinski definition) is 3. The Hall–Kier alpha value is -0.860. The normalized spacial score (nSPS) is 46.3. The van der Waals surface area contributed by atoms with Gasteiger partial charge in [-0.3, -0.25) is 9.59 Å². The van der Waals surface area contributed by atoms with Crippen LogP contribution in [0.4, 0.5) is 0 Å². The molecule has 4 saturated carbocycles. The van der Waals surface area contributed by atoms with E-state index in [0.29, 0.717) is 34.9 Å². The van der Waals surface area contributed by atoms with Crippen LogP contribution in [0.3, 0.4) is 0 Å². The van der Waals surface area contributed by atoms with Crippen molar-refractivity contribution in [1.29, 1.82) is 0 Å². The number of fused-ring (bicyclic) bond motifs is 5. The standard InChI is InChI=1S/C25H40O3/c1-16(5-10-23(27)28-4)20-8-9-21-19-7-6-17-15-18(26)11-13-24(17,2)22(19)12-14-25(20,21)3/h16-17,19-22H,5-15H2,1-4H3/t16-,17-,19+,20?,21+,22+,24+,25-/m1/s1. The van der Waals surface area contributed by atoms with E-state index in [-0.39, 0.29) is 5.97 Å². The maximum atomic E-state index is 12.1. The van der Waals surface area contributed by atoms with E-state index >= 15 is 0 Å². The summed E-state index contributed by atoms with van der Waals surface area (Å²) in [6.07, 6.45) is 12.4. The van der Waals surface area contributed by atoms with E-state index in [1.807, 2.05) is 0 Å². The number of rotatable bonds is 4. The molecule has 0 aromatic heterocycles. The second kappa shape index (κ2) is 7.43. The van der Waals surface area contributed by atoms with Crippen LogP contribution in [0.5, 0.6) is 0 Å². The van der Waals surface area contributed by atoms with E-state index in [1.165, 1.54) is 45.6 Å². The summed E-state index contributed by atoms with van der Waals surface area (Å²) >= 11 is 0. The molecule has 158 valence electrons. The molecule has 0 N–H and O–H groups in total. The van der Waals surface area contributed by atoms with Gasteiger partial charge >= 0.3 is 5.97 Å². The van der Waals surface area contributed by atoms with Gasteiger partial charge in [0, 0.05) is 19.3 Å². The predicted octanol–water partition coefficient (Wildman–Crippen LogP) is 5.80. The van der Waals surface area contributed by atoms with E-state index in [4.69, 9.17) is 4.74 Å². The molecule has 28 heavy (non-hydrogen) atoms. The predicted molar refractivity (Wildman–Crippen MR) is 111 cm³/mol. The molecule has 4 aliphatic rings. The number of hydrogen-bond donors (Lipinski definition) is 0. The molecular weight excluding hydrogens is 348 g/mol. The molecule has 8 atom stereocenters. The zero-order valence-electron chi connectivity index (χ0n) is 18.5. The summed E-state index contributed by atoms with van der Waals surface area (Å²) in [6, 6.07) is 0. The minimum atomic E-state index is -0.0617. The first-order valence-electron chi connectivity index (χ1n) is 11.9. The van der Waals surface area contributed by atoms with E-state index in [2.05, 4.69) is 20.8 Å². The molecule has 0 bridgehead atoms. The third kappa shape index (κ3) is 3.16. The van der Waals surface area contributed by atoms with Crippen LogP contribution >= 0.6 is 0 Å². The fourth-order valence-electron chi connectivity index (χ4n) is 8.67. The molecule has 3 heteroatoms. The summed E-state index contributed by atoms with van der Waals surface area (Å²) in [5, 5.41) is 0. The van der Waals surface area contributed by atoms with Crippen molar-refractivity contribution < 1.29 is 14.3 Å². The molecule has 0 aliphatic heterocycles. The Kier molecular flexibility index (Phi) is 5.42. The van der Waals surface area contributed by atoms with Crippen LogP contribution in [-0.4, -0.2) is 18.9 Å². The second-order valence-electron chi connectivity index (χ2n) is 11.2. The minimum Gasteiger partial charge on any atom is -0.469 e. The zero-order valence-corrected chi connectivity index (χ0v) is 18.5. The van der Waals surface area contributed by atoms with Gasteiger partial charge in [-0.25, -0.2) is 0 Å². The molecule has 1 unspecified atom stereocenters. The largest absolute Gasteiger partial charge is 0.469 e. The summed E-state index contributed by atoms with van der Waals surface area (Å²) in [5.74, 6) is 5.01. The van der Waals surface area contributed by atoms with Crippen LogP contribution in [0.1, 0.15) is 91.4 Å². The zero-order chi connectivity index (χ0) is 20.1. The summed E-state index contributed by atoms with van der Waals surface area (Å²) in [6.45, 7) is 7.49. The highest BCUT2D eigenvalue weighted by molar-refractivity contribution is 5.79. The molecule has 4 aliphatic carbocycles. The number of ketones is 1. The lowest BCUT2D eigenvalue weighted by Crippen LogP contribution is -2.53. The van der Waals surface area contributed by atoms with Crippen LogP contribution in [0, 0.1) is 46.3 Å². The van der Waals surface area contributed by atoms with Crippen LogP contribution in [-0.2, 0) is 14.3 Å². The molecule has 0 heterocycles. The van der Waals surface area contributed by atoms with Crippen molar-refractivity contribution in [2.75, 3.05) is 7.11 Å². The Morgan fingerprint density at radius 2 is 1.82 bits per heavy atom. The topological polar surface area (TPSA) is 43.4 Å². The van der Waals surface area contributed by atoms with E-state index in [9.17, 15) is 9.59 Å². The van der Waals surface area contributed by atoms with Gasteiger partial charge in [-0.2, -0.15) is 0 Å². The first kappa shape index (κ1) is 20.4. The molecular formula is C25H40O3. The van der Waals surface area contributed by atoms with Crippen LogP contribution < -0.4 is 0 Å². The SMILES string of the molecule is COC(=O)CC[C@@H](C)C1CC[C@H]2[C@@H]3CC[C@@H]4CC(=O)CC[C@]4(C)[C@H]3CC[C@]12C. The average Bonchev–Trinajstić information content (AvgIpc) is 3.03. The Morgan fingerprint density at radius 1 is 1.07 bits per heavy atom.